The molecule has 1 aliphatic heterocycles. The highest BCUT2D eigenvalue weighted by atomic mass is 35.5. The highest BCUT2D eigenvalue weighted by Crippen LogP contribution is 2.27. The number of thiazole rings is 1. The molecule has 1 fully saturated rings. The van der Waals surface area contributed by atoms with Crippen molar-refractivity contribution >= 4 is 57.5 Å². The van der Waals surface area contributed by atoms with Crippen molar-refractivity contribution in [3.8, 4) is 0 Å². The average molecular weight is 523 g/mol. The lowest BCUT2D eigenvalue weighted by atomic mass is 10.1. The van der Waals surface area contributed by atoms with E-state index in [-0.39, 0.29) is 11.8 Å². The first-order valence-electron chi connectivity index (χ1n) is 11.2. The average Bonchev–Trinajstić information content (AvgIpc) is 3.59. The van der Waals surface area contributed by atoms with Crippen LogP contribution in [0.5, 0.6) is 0 Å². The van der Waals surface area contributed by atoms with Gasteiger partial charge in [-0.15, -0.1) is 22.7 Å². The highest BCUT2D eigenvalue weighted by Gasteiger charge is 2.24. The van der Waals surface area contributed by atoms with Gasteiger partial charge in [0.1, 0.15) is 5.01 Å². The molecule has 0 saturated carbocycles. The van der Waals surface area contributed by atoms with E-state index >= 15 is 0 Å². The summed E-state index contributed by atoms with van der Waals surface area (Å²) in [7, 11) is 0. The molecule has 3 heterocycles. The number of piperazine rings is 1. The van der Waals surface area contributed by atoms with Gasteiger partial charge in [-0.05, 0) is 48.5 Å². The first kappa shape index (κ1) is 23.5. The maximum Gasteiger partial charge on any atom is 0.264 e. The number of hydrogen-bond acceptors (Lipinski definition) is 6. The Bertz CT molecular complexity index is 1280. The molecule has 0 N–H and O–H groups in total. The number of nitrogens with zero attached hydrogens (tertiary/aromatic N) is 4. The van der Waals surface area contributed by atoms with Crippen molar-refractivity contribution in [2.45, 2.75) is 6.54 Å². The molecule has 6 nitrogen and oxygen atoms in total. The fourth-order valence-corrected chi connectivity index (χ4v) is 5.69. The molecule has 0 aliphatic carbocycles. The van der Waals surface area contributed by atoms with Gasteiger partial charge in [0, 0.05) is 54.7 Å². The van der Waals surface area contributed by atoms with Crippen LogP contribution in [0, 0.1) is 0 Å². The zero-order valence-corrected chi connectivity index (χ0v) is 21.2. The molecule has 1 aliphatic rings. The smallest absolute Gasteiger partial charge is 0.264 e. The number of thiophene rings is 1. The number of anilines is 2. The Labute approximate surface area is 217 Å². The summed E-state index contributed by atoms with van der Waals surface area (Å²) >= 11 is 8.84. The molecule has 35 heavy (non-hydrogen) atoms. The van der Waals surface area contributed by atoms with Gasteiger partial charge in [-0.3, -0.25) is 9.59 Å². The van der Waals surface area contributed by atoms with Crippen LogP contribution < -0.4 is 9.80 Å². The number of carbonyl (C=O) groups excluding carboxylic acids is 2. The lowest BCUT2D eigenvalue weighted by molar-refractivity contribution is 0.0751. The minimum atomic E-state index is -0.0608. The summed E-state index contributed by atoms with van der Waals surface area (Å²) in [5.74, 6) is -0.0245. The second-order valence-electron chi connectivity index (χ2n) is 8.08. The van der Waals surface area contributed by atoms with Crippen LogP contribution in [0.25, 0.3) is 0 Å². The molecule has 5 rings (SSSR count). The minimum absolute atomic E-state index is 0.0363. The number of aromatic nitrogens is 1. The third-order valence-corrected chi connectivity index (χ3v) is 7.90. The van der Waals surface area contributed by atoms with Gasteiger partial charge >= 0.3 is 0 Å². The zero-order chi connectivity index (χ0) is 24.2. The predicted molar refractivity (Wildman–Crippen MR) is 143 cm³/mol. The van der Waals surface area contributed by atoms with Crippen LogP contribution in [0.15, 0.2) is 78.3 Å². The van der Waals surface area contributed by atoms with Crippen LogP contribution in [0.4, 0.5) is 11.4 Å². The Morgan fingerprint density at radius 2 is 1.69 bits per heavy atom. The molecule has 4 aromatic rings. The van der Waals surface area contributed by atoms with E-state index < -0.39 is 0 Å². The predicted octanol–water partition coefficient (Wildman–Crippen LogP) is 5.67. The van der Waals surface area contributed by atoms with E-state index in [1.54, 1.807) is 23.2 Å². The summed E-state index contributed by atoms with van der Waals surface area (Å²) in [4.78, 5) is 37.0. The topological polar surface area (TPSA) is 56.8 Å². The van der Waals surface area contributed by atoms with Gasteiger partial charge in [0.15, 0.2) is 0 Å². The van der Waals surface area contributed by atoms with E-state index in [1.165, 1.54) is 22.7 Å². The molecule has 178 valence electrons. The van der Waals surface area contributed by atoms with E-state index in [0.717, 1.165) is 29.5 Å². The maximum atomic E-state index is 13.3. The van der Waals surface area contributed by atoms with Gasteiger partial charge in [-0.2, -0.15) is 0 Å². The number of amides is 2. The summed E-state index contributed by atoms with van der Waals surface area (Å²) in [5.41, 5.74) is 2.53. The third-order valence-electron chi connectivity index (χ3n) is 5.92. The second kappa shape index (κ2) is 10.6. The number of halogens is 1. The van der Waals surface area contributed by atoms with E-state index in [2.05, 4.69) is 9.88 Å². The third kappa shape index (κ3) is 5.40. The summed E-state index contributed by atoms with van der Waals surface area (Å²) in [6, 6.07) is 20.9. The maximum absolute atomic E-state index is 13.3. The quantitative estimate of drug-likeness (QED) is 0.327. The van der Waals surface area contributed by atoms with Gasteiger partial charge in [-0.1, -0.05) is 29.8 Å². The van der Waals surface area contributed by atoms with E-state index in [9.17, 15) is 9.59 Å². The molecule has 2 aromatic carbocycles. The van der Waals surface area contributed by atoms with Gasteiger partial charge in [0.05, 0.1) is 15.8 Å². The molecular formula is C26H23ClN4O2S2. The molecule has 0 atom stereocenters. The molecule has 2 aromatic heterocycles. The standard InChI is InChI=1S/C26H23ClN4O2S2/c27-23-11-10-22(35-23)26(33)30-15-13-29(14-16-30)20-6-8-21(9-7-20)31(18-24-28-12-17-34-24)25(32)19-4-2-1-3-5-19/h1-12,17H,13-16,18H2. The Morgan fingerprint density at radius 3 is 2.31 bits per heavy atom. The lowest BCUT2D eigenvalue weighted by Gasteiger charge is -2.36. The summed E-state index contributed by atoms with van der Waals surface area (Å²) in [6.07, 6.45) is 1.76. The van der Waals surface area contributed by atoms with Crippen LogP contribution in [0.2, 0.25) is 4.34 Å². The van der Waals surface area contributed by atoms with Crippen LogP contribution in [0.1, 0.15) is 25.0 Å². The fraction of sp³-hybridized carbons (Fsp3) is 0.192. The fourth-order valence-electron chi connectivity index (χ4n) is 4.08. The van der Waals surface area contributed by atoms with Crippen molar-refractivity contribution in [1.82, 2.24) is 9.88 Å². The number of carbonyl (C=O) groups is 2. The largest absolute Gasteiger partial charge is 0.368 e. The zero-order valence-electron chi connectivity index (χ0n) is 18.8. The van der Waals surface area contributed by atoms with Crippen LogP contribution in [-0.2, 0) is 6.54 Å². The first-order chi connectivity index (χ1) is 17.1. The Kier molecular flexibility index (Phi) is 7.13. The van der Waals surface area contributed by atoms with Gasteiger partial charge in [-0.25, -0.2) is 4.98 Å². The van der Waals surface area contributed by atoms with Crippen molar-refractivity contribution < 1.29 is 9.59 Å². The normalized spacial score (nSPS) is 13.6. The van der Waals surface area contributed by atoms with E-state index in [4.69, 9.17) is 11.6 Å². The number of rotatable bonds is 6. The van der Waals surface area contributed by atoms with Crippen LogP contribution in [0.3, 0.4) is 0 Å². The monoisotopic (exact) mass is 522 g/mol. The second-order valence-corrected chi connectivity index (χ2v) is 10.8. The lowest BCUT2D eigenvalue weighted by Crippen LogP contribution is -2.48. The van der Waals surface area contributed by atoms with Gasteiger partial charge in [0.25, 0.3) is 11.8 Å². The van der Waals surface area contributed by atoms with Crippen molar-refractivity contribution in [3.05, 3.63) is 98.1 Å². The van der Waals surface area contributed by atoms with Gasteiger partial charge in [0.2, 0.25) is 0 Å². The van der Waals surface area contributed by atoms with Crippen molar-refractivity contribution in [3.63, 3.8) is 0 Å². The van der Waals surface area contributed by atoms with Crippen molar-refractivity contribution in [1.29, 1.82) is 0 Å². The molecule has 0 unspecified atom stereocenters. The van der Waals surface area contributed by atoms with E-state index in [1.807, 2.05) is 64.9 Å². The Balaban J connectivity index is 1.28. The molecule has 0 spiro atoms. The molecule has 2 amide bonds. The first-order valence-corrected chi connectivity index (χ1v) is 13.3. The Hall–Kier alpha value is -3.20. The van der Waals surface area contributed by atoms with Gasteiger partial charge < -0.3 is 14.7 Å². The molecule has 0 radical (unpaired) electrons. The molecule has 9 heteroatoms. The molecular weight excluding hydrogens is 500 g/mol. The molecule has 1 saturated heterocycles. The Morgan fingerprint density at radius 1 is 0.943 bits per heavy atom. The summed E-state index contributed by atoms with van der Waals surface area (Å²) in [5, 5.41) is 2.80. The SMILES string of the molecule is O=C(c1ccc(Cl)s1)N1CCN(c2ccc(N(Cc3nccs3)C(=O)c3ccccc3)cc2)CC1. The van der Waals surface area contributed by atoms with E-state index in [0.29, 0.717) is 34.4 Å². The van der Waals surface area contributed by atoms with Crippen molar-refractivity contribution in [2.24, 2.45) is 0 Å². The number of benzene rings is 2. The highest BCUT2D eigenvalue weighted by molar-refractivity contribution is 7.18. The summed E-state index contributed by atoms with van der Waals surface area (Å²) in [6.45, 7) is 3.21. The molecule has 0 bridgehead atoms. The van der Waals surface area contributed by atoms with Crippen LogP contribution in [-0.4, -0.2) is 47.9 Å². The van der Waals surface area contributed by atoms with Crippen molar-refractivity contribution in [2.75, 3.05) is 36.0 Å². The number of hydrogen-bond donors (Lipinski definition) is 0. The van der Waals surface area contributed by atoms with Crippen LogP contribution >= 0.6 is 34.3 Å². The minimum Gasteiger partial charge on any atom is -0.368 e. The summed E-state index contributed by atoms with van der Waals surface area (Å²) < 4.78 is 0.627.